The van der Waals surface area contributed by atoms with Gasteiger partial charge >= 0.3 is 0 Å². The maximum atomic E-state index is 14.3. The molecule has 0 bridgehead atoms. The van der Waals surface area contributed by atoms with Crippen LogP contribution in [0.4, 0.5) is 10.1 Å². The van der Waals surface area contributed by atoms with E-state index in [0.29, 0.717) is 5.02 Å². The average Bonchev–Trinajstić information content (AvgIpc) is 2.71. The van der Waals surface area contributed by atoms with Gasteiger partial charge in [-0.05, 0) is 42.0 Å². The highest BCUT2D eigenvalue weighted by Crippen LogP contribution is 2.27. The number of hydrogen-bond acceptors (Lipinski definition) is 3. The Balaban J connectivity index is 1.87. The Morgan fingerprint density at radius 3 is 2.40 bits per heavy atom. The van der Waals surface area contributed by atoms with Gasteiger partial charge < -0.3 is 5.32 Å². The van der Waals surface area contributed by atoms with Crippen LogP contribution < -0.4 is 5.32 Å². The number of rotatable bonds is 6. The van der Waals surface area contributed by atoms with Gasteiger partial charge in [0.25, 0.3) is 5.91 Å². The van der Waals surface area contributed by atoms with Crippen molar-refractivity contribution in [3.05, 3.63) is 93.7 Å². The van der Waals surface area contributed by atoms with E-state index >= 15 is 0 Å². The van der Waals surface area contributed by atoms with E-state index in [0.717, 1.165) is 28.1 Å². The third-order valence-corrected chi connectivity index (χ3v) is 6.67. The van der Waals surface area contributed by atoms with Crippen molar-refractivity contribution in [2.45, 2.75) is 11.4 Å². The van der Waals surface area contributed by atoms with Gasteiger partial charge in [-0.25, -0.2) is 12.8 Å². The number of nitrogens with one attached hydrogen (secondary N) is 1. The quantitative estimate of drug-likeness (QED) is 0.542. The van der Waals surface area contributed by atoms with Gasteiger partial charge in [0, 0.05) is 18.6 Å². The molecule has 0 aliphatic carbocycles. The van der Waals surface area contributed by atoms with Crippen molar-refractivity contribution < 1.29 is 17.6 Å². The summed E-state index contributed by atoms with van der Waals surface area (Å²) in [6.07, 6.45) is 0. The summed E-state index contributed by atoms with van der Waals surface area (Å²) in [4.78, 5) is 12.4. The third-order valence-electron chi connectivity index (χ3n) is 4.32. The second-order valence-electron chi connectivity index (χ2n) is 6.47. The molecule has 0 heterocycles. The van der Waals surface area contributed by atoms with E-state index in [1.54, 1.807) is 24.3 Å². The molecule has 0 saturated heterocycles. The zero-order valence-corrected chi connectivity index (χ0v) is 18.1. The first-order valence-electron chi connectivity index (χ1n) is 8.74. The summed E-state index contributed by atoms with van der Waals surface area (Å²) in [5.74, 6) is -1.69. The minimum absolute atomic E-state index is 0.127. The molecule has 0 radical (unpaired) electrons. The van der Waals surface area contributed by atoms with Gasteiger partial charge in [0.05, 0.1) is 21.2 Å². The Hall–Kier alpha value is -2.45. The van der Waals surface area contributed by atoms with Crippen LogP contribution in [0.15, 0.2) is 71.6 Å². The molecule has 0 fully saturated rings. The van der Waals surface area contributed by atoms with Crippen LogP contribution in [-0.2, 0) is 16.6 Å². The molecule has 0 saturated carbocycles. The molecule has 5 nitrogen and oxygen atoms in total. The van der Waals surface area contributed by atoms with Crippen LogP contribution in [-0.4, -0.2) is 25.7 Å². The first kappa shape index (κ1) is 22.2. The molecule has 3 aromatic carbocycles. The fourth-order valence-electron chi connectivity index (χ4n) is 2.72. The molecule has 3 rings (SSSR count). The lowest BCUT2D eigenvalue weighted by Crippen LogP contribution is -2.27. The topological polar surface area (TPSA) is 66.5 Å². The maximum absolute atomic E-state index is 14.3. The number of hydrogen-bond donors (Lipinski definition) is 1. The van der Waals surface area contributed by atoms with Crippen LogP contribution >= 0.6 is 23.2 Å². The molecule has 0 aromatic heterocycles. The van der Waals surface area contributed by atoms with Gasteiger partial charge in [-0.2, -0.15) is 4.31 Å². The normalized spacial score (nSPS) is 11.5. The van der Waals surface area contributed by atoms with Crippen LogP contribution in [0, 0.1) is 5.82 Å². The average molecular weight is 467 g/mol. The van der Waals surface area contributed by atoms with E-state index in [4.69, 9.17) is 23.2 Å². The molecule has 156 valence electrons. The summed E-state index contributed by atoms with van der Waals surface area (Å²) in [7, 11) is -2.54. The van der Waals surface area contributed by atoms with E-state index in [-0.39, 0.29) is 22.2 Å². The Labute approximate surface area is 184 Å². The van der Waals surface area contributed by atoms with Crippen molar-refractivity contribution in [2.24, 2.45) is 0 Å². The standard InChI is InChI=1S/C21H17Cl2FN2O3S/c1-26(13-14-5-3-2-4-6-14)30(28,29)16-8-9-19(24)17(12-16)21(27)25-20-10-7-15(22)11-18(20)23/h2-12H,13H2,1H3,(H,25,27). The van der Waals surface area contributed by atoms with Crippen LogP contribution in [0.25, 0.3) is 0 Å². The van der Waals surface area contributed by atoms with E-state index in [1.165, 1.54) is 25.2 Å². The summed E-state index contributed by atoms with van der Waals surface area (Å²) in [6.45, 7) is 0.127. The van der Waals surface area contributed by atoms with Crippen molar-refractivity contribution in [1.29, 1.82) is 0 Å². The number of benzene rings is 3. The lowest BCUT2D eigenvalue weighted by Gasteiger charge is -2.18. The molecular weight excluding hydrogens is 450 g/mol. The van der Waals surface area contributed by atoms with Gasteiger partial charge in [-0.1, -0.05) is 53.5 Å². The zero-order valence-electron chi connectivity index (χ0n) is 15.8. The van der Waals surface area contributed by atoms with Gasteiger partial charge in [0.15, 0.2) is 0 Å². The number of amides is 1. The molecule has 0 aliphatic heterocycles. The number of carbonyl (C=O) groups is 1. The molecular formula is C21H17Cl2FN2O3S. The van der Waals surface area contributed by atoms with Crippen LogP contribution in [0.2, 0.25) is 10.0 Å². The second-order valence-corrected chi connectivity index (χ2v) is 9.36. The smallest absolute Gasteiger partial charge is 0.258 e. The zero-order chi connectivity index (χ0) is 21.9. The van der Waals surface area contributed by atoms with Gasteiger partial charge in [0.2, 0.25) is 10.0 Å². The molecule has 9 heteroatoms. The SMILES string of the molecule is CN(Cc1ccccc1)S(=O)(=O)c1ccc(F)c(C(=O)Nc2ccc(Cl)cc2Cl)c1. The van der Waals surface area contributed by atoms with Crippen LogP contribution in [0.5, 0.6) is 0 Å². The van der Waals surface area contributed by atoms with Gasteiger partial charge in [0.1, 0.15) is 5.82 Å². The van der Waals surface area contributed by atoms with Crippen molar-refractivity contribution >= 4 is 44.8 Å². The number of carbonyl (C=O) groups excluding carboxylic acids is 1. The number of anilines is 1. The highest BCUT2D eigenvalue weighted by Gasteiger charge is 2.24. The molecule has 0 unspecified atom stereocenters. The van der Waals surface area contributed by atoms with Crippen molar-refractivity contribution in [3.8, 4) is 0 Å². The summed E-state index contributed by atoms with van der Waals surface area (Å²) < 4.78 is 41.2. The molecule has 1 N–H and O–H groups in total. The first-order valence-corrected chi connectivity index (χ1v) is 10.9. The summed E-state index contributed by atoms with van der Waals surface area (Å²) in [6, 6.07) is 16.5. The number of halogens is 3. The van der Waals surface area contributed by atoms with E-state index in [2.05, 4.69) is 5.32 Å². The summed E-state index contributed by atoms with van der Waals surface area (Å²) in [5, 5.41) is 3.01. The predicted octanol–water partition coefficient (Wildman–Crippen LogP) is 5.21. The lowest BCUT2D eigenvalue weighted by atomic mass is 10.2. The fraction of sp³-hybridized carbons (Fsp3) is 0.0952. The van der Waals surface area contributed by atoms with E-state index < -0.39 is 27.3 Å². The minimum Gasteiger partial charge on any atom is -0.321 e. The minimum atomic E-state index is -3.95. The molecule has 0 atom stereocenters. The molecule has 1 amide bonds. The van der Waals surface area contributed by atoms with Crippen molar-refractivity contribution in [3.63, 3.8) is 0 Å². The van der Waals surface area contributed by atoms with E-state index in [9.17, 15) is 17.6 Å². The monoisotopic (exact) mass is 466 g/mol. The van der Waals surface area contributed by atoms with Gasteiger partial charge in [-0.3, -0.25) is 4.79 Å². The first-order chi connectivity index (χ1) is 14.2. The van der Waals surface area contributed by atoms with Gasteiger partial charge in [-0.15, -0.1) is 0 Å². The summed E-state index contributed by atoms with van der Waals surface area (Å²) >= 11 is 11.9. The highest BCUT2D eigenvalue weighted by atomic mass is 35.5. The second kappa shape index (κ2) is 9.14. The Kier molecular flexibility index (Phi) is 6.77. The Morgan fingerprint density at radius 2 is 1.73 bits per heavy atom. The van der Waals surface area contributed by atoms with E-state index in [1.807, 2.05) is 6.07 Å². The lowest BCUT2D eigenvalue weighted by molar-refractivity contribution is 0.102. The molecule has 3 aromatic rings. The molecule has 0 spiro atoms. The van der Waals surface area contributed by atoms with Crippen molar-refractivity contribution in [1.82, 2.24) is 4.31 Å². The van der Waals surface area contributed by atoms with Crippen LogP contribution in [0.1, 0.15) is 15.9 Å². The number of nitrogens with zero attached hydrogens (tertiary/aromatic N) is 1. The Bertz CT molecular complexity index is 1190. The predicted molar refractivity (Wildman–Crippen MR) is 116 cm³/mol. The van der Waals surface area contributed by atoms with Crippen molar-refractivity contribution in [2.75, 3.05) is 12.4 Å². The maximum Gasteiger partial charge on any atom is 0.258 e. The third kappa shape index (κ3) is 4.99. The summed E-state index contributed by atoms with van der Waals surface area (Å²) in [5.41, 5.74) is 0.594. The van der Waals surface area contributed by atoms with Crippen LogP contribution in [0.3, 0.4) is 0 Å². The molecule has 0 aliphatic rings. The largest absolute Gasteiger partial charge is 0.321 e. The Morgan fingerprint density at radius 1 is 1.03 bits per heavy atom. The number of sulfonamides is 1. The molecule has 30 heavy (non-hydrogen) atoms. The fourth-order valence-corrected chi connectivity index (χ4v) is 4.37. The highest BCUT2D eigenvalue weighted by molar-refractivity contribution is 7.89.